The Labute approximate surface area is 210 Å². The summed E-state index contributed by atoms with van der Waals surface area (Å²) in [6.07, 6.45) is 0.0115. The molecule has 0 heterocycles. The summed E-state index contributed by atoms with van der Waals surface area (Å²) in [7, 11) is 0. The van der Waals surface area contributed by atoms with Gasteiger partial charge in [0.2, 0.25) is 0 Å². The Kier molecular flexibility index (Phi) is 10.8. The predicted octanol–water partition coefficient (Wildman–Crippen LogP) is 3.70. The molecular formula is C28H32FNO6. The van der Waals surface area contributed by atoms with E-state index in [4.69, 9.17) is 14.2 Å². The number of hydrogen-bond donors (Lipinski definition) is 3. The summed E-state index contributed by atoms with van der Waals surface area (Å²) < 4.78 is 29.4. The van der Waals surface area contributed by atoms with Gasteiger partial charge in [-0.25, -0.2) is 4.39 Å². The van der Waals surface area contributed by atoms with Crippen molar-refractivity contribution in [2.24, 2.45) is 0 Å². The van der Waals surface area contributed by atoms with Gasteiger partial charge in [-0.15, -0.1) is 0 Å². The van der Waals surface area contributed by atoms with Crippen molar-refractivity contribution in [1.82, 2.24) is 5.32 Å². The summed E-state index contributed by atoms with van der Waals surface area (Å²) in [6.45, 7) is 3.15. The molecule has 7 nitrogen and oxygen atoms in total. The van der Waals surface area contributed by atoms with Crippen LogP contribution in [-0.2, 0) is 29.2 Å². The molecule has 0 radical (unpaired) electrons. The number of halogens is 1. The third kappa shape index (κ3) is 9.05. The molecule has 0 fully saturated rings. The van der Waals surface area contributed by atoms with Crippen LogP contribution in [-0.4, -0.2) is 42.5 Å². The van der Waals surface area contributed by atoms with Gasteiger partial charge in [-0.05, 0) is 66.1 Å². The predicted molar refractivity (Wildman–Crippen MR) is 133 cm³/mol. The highest BCUT2D eigenvalue weighted by molar-refractivity contribution is 5.69. The molecule has 0 spiro atoms. The number of aliphatic hydroxyl groups excluding tert-OH is 2. The standard InChI is InChI=1S/C28H32FNO6/c1-20(32)36-28-10-7-23(16-24(28)18-31)27(33)17-30-12-11-21-5-8-26(9-6-21)35-14-13-34-19-22-3-2-4-25(29)15-22/h2-10,15-16,27,30-31,33H,11-14,17-19H2,1H3. The van der Waals surface area contributed by atoms with E-state index < -0.39 is 12.1 Å². The minimum absolute atomic E-state index is 0.275. The molecule has 192 valence electrons. The largest absolute Gasteiger partial charge is 0.491 e. The molecule has 3 aromatic rings. The van der Waals surface area contributed by atoms with E-state index in [1.165, 1.54) is 19.1 Å². The first kappa shape index (κ1) is 27.3. The van der Waals surface area contributed by atoms with Crippen LogP contribution < -0.4 is 14.8 Å². The summed E-state index contributed by atoms with van der Waals surface area (Å²) in [5.41, 5.74) is 2.98. The van der Waals surface area contributed by atoms with Crippen LogP contribution in [0.4, 0.5) is 4.39 Å². The van der Waals surface area contributed by atoms with Gasteiger partial charge >= 0.3 is 5.97 Å². The Hall–Kier alpha value is -3.30. The highest BCUT2D eigenvalue weighted by atomic mass is 19.1. The second-order valence-corrected chi connectivity index (χ2v) is 8.26. The van der Waals surface area contributed by atoms with Gasteiger partial charge in [0.15, 0.2) is 0 Å². The third-order valence-electron chi connectivity index (χ3n) is 5.40. The third-order valence-corrected chi connectivity index (χ3v) is 5.40. The van der Waals surface area contributed by atoms with Gasteiger partial charge < -0.3 is 29.7 Å². The first-order chi connectivity index (χ1) is 17.4. The number of ether oxygens (including phenoxy) is 3. The quantitative estimate of drug-likeness (QED) is 0.178. The molecule has 0 aromatic heterocycles. The lowest BCUT2D eigenvalue weighted by atomic mass is 10.0. The number of carbonyl (C=O) groups excluding carboxylic acids is 1. The van der Waals surface area contributed by atoms with Crippen molar-refractivity contribution in [1.29, 1.82) is 0 Å². The van der Waals surface area contributed by atoms with Crippen LogP contribution in [0.3, 0.4) is 0 Å². The molecule has 8 heteroatoms. The summed E-state index contributed by atoms with van der Waals surface area (Å²) in [4.78, 5) is 11.1. The number of hydrogen-bond acceptors (Lipinski definition) is 7. The highest BCUT2D eigenvalue weighted by Gasteiger charge is 2.12. The number of aliphatic hydroxyl groups is 2. The van der Waals surface area contributed by atoms with Crippen molar-refractivity contribution in [2.75, 3.05) is 26.3 Å². The lowest BCUT2D eigenvalue weighted by Gasteiger charge is -2.15. The van der Waals surface area contributed by atoms with Crippen LogP contribution in [0.15, 0.2) is 66.7 Å². The van der Waals surface area contributed by atoms with Crippen LogP contribution in [0.1, 0.15) is 35.3 Å². The van der Waals surface area contributed by atoms with Gasteiger partial charge in [0, 0.05) is 19.0 Å². The topological polar surface area (TPSA) is 97.3 Å². The molecule has 36 heavy (non-hydrogen) atoms. The Morgan fingerprint density at radius 3 is 2.56 bits per heavy atom. The average molecular weight is 498 g/mol. The Morgan fingerprint density at radius 1 is 1.03 bits per heavy atom. The molecule has 1 unspecified atom stereocenters. The Bertz CT molecular complexity index is 1110. The van der Waals surface area contributed by atoms with Crippen molar-refractivity contribution in [2.45, 2.75) is 32.7 Å². The normalized spacial score (nSPS) is 11.8. The van der Waals surface area contributed by atoms with Crippen LogP contribution in [0.2, 0.25) is 0 Å². The molecular weight excluding hydrogens is 465 g/mol. The molecule has 0 aliphatic heterocycles. The van der Waals surface area contributed by atoms with Gasteiger partial charge in [0.25, 0.3) is 0 Å². The van der Waals surface area contributed by atoms with Crippen LogP contribution in [0.25, 0.3) is 0 Å². The molecule has 1 atom stereocenters. The number of carbonyl (C=O) groups is 1. The van der Waals surface area contributed by atoms with Crippen molar-refractivity contribution >= 4 is 5.97 Å². The highest BCUT2D eigenvalue weighted by Crippen LogP contribution is 2.24. The van der Waals surface area contributed by atoms with Gasteiger partial charge in [-0.2, -0.15) is 0 Å². The van der Waals surface area contributed by atoms with Gasteiger partial charge in [0.05, 0.1) is 25.9 Å². The maximum Gasteiger partial charge on any atom is 0.308 e. The summed E-state index contributed by atoms with van der Waals surface area (Å²) in [6, 6.07) is 19.0. The Morgan fingerprint density at radius 2 is 1.83 bits per heavy atom. The van der Waals surface area contributed by atoms with Crippen molar-refractivity contribution in [3.05, 3.63) is 94.8 Å². The second kappa shape index (κ2) is 14.3. The van der Waals surface area contributed by atoms with Crippen LogP contribution in [0, 0.1) is 5.82 Å². The van der Waals surface area contributed by atoms with E-state index >= 15 is 0 Å². The molecule has 0 bridgehead atoms. The van der Waals surface area contributed by atoms with Crippen molar-refractivity contribution in [3.63, 3.8) is 0 Å². The van der Waals surface area contributed by atoms with E-state index in [1.807, 2.05) is 30.3 Å². The van der Waals surface area contributed by atoms with Crippen LogP contribution in [0.5, 0.6) is 11.5 Å². The van der Waals surface area contributed by atoms with Crippen molar-refractivity contribution < 1.29 is 33.6 Å². The number of esters is 1. The first-order valence-corrected chi connectivity index (χ1v) is 11.8. The molecule has 0 saturated carbocycles. The number of nitrogens with one attached hydrogen (secondary N) is 1. The molecule has 3 N–H and O–H groups in total. The maximum atomic E-state index is 13.2. The van der Waals surface area contributed by atoms with Gasteiger partial charge in [-0.1, -0.05) is 30.3 Å². The number of benzene rings is 3. The lowest BCUT2D eigenvalue weighted by Crippen LogP contribution is -2.24. The lowest BCUT2D eigenvalue weighted by molar-refractivity contribution is -0.131. The van der Waals surface area contributed by atoms with Crippen LogP contribution >= 0.6 is 0 Å². The fourth-order valence-electron chi connectivity index (χ4n) is 3.56. The van der Waals surface area contributed by atoms with E-state index in [9.17, 15) is 19.4 Å². The van der Waals surface area contributed by atoms with Gasteiger partial charge in [-0.3, -0.25) is 4.79 Å². The van der Waals surface area contributed by atoms with E-state index in [0.29, 0.717) is 44.0 Å². The summed E-state index contributed by atoms with van der Waals surface area (Å²) in [5, 5.41) is 23.2. The monoisotopic (exact) mass is 497 g/mol. The van der Waals surface area contributed by atoms with E-state index in [2.05, 4.69) is 5.32 Å². The molecule has 0 aliphatic carbocycles. The van der Waals surface area contributed by atoms with E-state index in [-0.39, 0.29) is 18.2 Å². The fourth-order valence-corrected chi connectivity index (χ4v) is 3.56. The molecule has 3 rings (SSSR count). The minimum atomic E-state index is -0.763. The second-order valence-electron chi connectivity index (χ2n) is 8.26. The van der Waals surface area contributed by atoms with E-state index in [1.54, 1.807) is 24.3 Å². The van der Waals surface area contributed by atoms with E-state index in [0.717, 1.165) is 23.3 Å². The fraction of sp³-hybridized carbons (Fsp3) is 0.321. The molecule has 0 saturated heterocycles. The zero-order valence-corrected chi connectivity index (χ0v) is 20.3. The molecule has 0 amide bonds. The zero-order chi connectivity index (χ0) is 25.8. The molecule has 0 aliphatic rings. The summed E-state index contributed by atoms with van der Waals surface area (Å²) in [5.74, 6) is 0.291. The zero-order valence-electron chi connectivity index (χ0n) is 20.3. The SMILES string of the molecule is CC(=O)Oc1ccc(C(O)CNCCc2ccc(OCCOCc3cccc(F)c3)cc2)cc1CO. The van der Waals surface area contributed by atoms with Gasteiger partial charge in [0.1, 0.15) is 23.9 Å². The molecule has 3 aromatic carbocycles. The Balaban J connectivity index is 1.33. The number of rotatable bonds is 14. The summed E-state index contributed by atoms with van der Waals surface area (Å²) >= 11 is 0. The smallest absolute Gasteiger partial charge is 0.308 e. The average Bonchev–Trinajstić information content (AvgIpc) is 2.87. The maximum absolute atomic E-state index is 13.2. The minimum Gasteiger partial charge on any atom is -0.491 e. The first-order valence-electron chi connectivity index (χ1n) is 11.8. The van der Waals surface area contributed by atoms with Crippen molar-refractivity contribution in [3.8, 4) is 11.5 Å².